The maximum absolute atomic E-state index is 12.8. The van der Waals surface area contributed by atoms with Gasteiger partial charge in [0.2, 0.25) is 5.91 Å². The van der Waals surface area contributed by atoms with E-state index in [1.165, 1.54) is 0 Å². The first-order valence-electron chi connectivity index (χ1n) is 9.88. The smallest absolute Gasteiger partial charge is 0.253 e. The first-order valence-corrected chi connectivity index (χ1v) is 9.88. The topological polar surface area (TPSA) is 76.5 Å². The zero-order valence-electron chi connectivity index (χ0n) is 17.2. The number of imidazole rings is 1. The molecule has 0 bridgehead atoms. The summed E-state index contributed by atoms with van der Waals surface area (Å²) in [5.74, 6) is 0.584. The lowest BCUT2D eigenvalue weighted by Gasteiger charge is -2.18. The maximum Gasteiger partial charge on any atom is 0.253 e. The summed E-state index contributed by atoms with van der Waals surface area (Å²) in [6.45, 7) is 3.59. The molecule has 0 fully saturated rings. The van der Waals surface area contributed by atoms with Gasteiger partial charge in [0.25, 0.3) is 5.91 Å². The molecule has 0 aliphatic heterocycles. The number of carbonyl (C=O) groups is 2. The molecular weight excluding hydrogens is 380 g/mol. The van der Waals surface area contributed by atoms with E-state index in [9.17, 15) is 9.59 Å². The number of nitrogens with one attached hydrogen (secondary N) is 1. The molecule has 1 N–H and O–H groups in total. The highest BCUT2D eigenvalue weighted by molar-refractivity contribution is 5.97. The van der Waals surface area contributed by atoms with Crippen molar-refractivity contribution in [3.8, 4) is 5.75 Å². The molecule has 0 spiro atoms. The summed E-state index contributed by atoms with van der Waals surface area (Å²) in [6.07, 6.45) is 5.49. The predicted octanol–water partition coefficient (Wildman–Crippen LogP) is 3.58. The van der Waals surface area contributed by atoms with E-state index in [1.807, 2.05) is 42.0 Å². The quantitative estimate of drug-likeness (QED) is 0.589. The minimum absolute atomic E-state index is 0.113. The highest BCUT2D eigenvalue weighted by Gasteiger charge is 2.13. The second-order valence-electron chi connectivity index (χ2n) is 6.92. The third kappa shape index (κ3) is 5.94. The molecule has 2 aromatic carbocycles. The molecule has 0 radical (unpaired) electrons. The van der Waals surface area contributed by atoms with Crippen LogP contribution < -0.4 is 10.1 Å². The van der Waals surface area contributed by atoms with Gasteiger partial charge < -0.3 is 19.5 Å². The number of anilines is 1. The van der Waals surface area contributed by atoms with Gasteiger partial charge in [-0.2, -0.15) is 0 Å². The summed E-state index contributed by atoms with van der Waals surface area (Å²) in [5, 5.41) is 2.85. The van der Waals surface area contributed by atoms with Gasteiger partial charge in [-0.25, -0.2) is 4.98 Å². The van der Waals surface area contributed by atoms with Crippen LogP contribution in [0.3, 0.4) is 0 Å². The van der Waals surface area contributed by atoms with Crippen molar-refractivity contribution in [1.29, 1.82) is 0 Å². The lowest BCUT2D eigenvalue weighted by molar-refractivity contribution is -0.116. The van der Waals surface area contributed by atoms with Crippen molar-refractivity contribution in [2.24, 2.45) is 0 Å². The van der Waals surface area contributed by atoms with Crippen LogP contribution in [0.25, 0.3) is 0 Å². The molecule has 0 aliphatic rings. The fraction of sp³-hybridized carbons (Fsp3) is 0.261. The van der Waals surface area contributed by atoms with Gasteiger partial charge >= 0.3 is 0 Å². The number of benzene rings is 2. The van der Waals surface area contributed by atoms with Gasteiger partial charge in [-0.05, 0) is 42.8 Å². The van der Waals surface area contributed by atoms with Crippen LogP contribution in [-0.2, 0) is 17.9 Å². The van der Waals surface area contributed by atoms with Crippen LogP contribution in [-0.4, -0.2) is 39.9 Å². The molecule has 7 heteroatoms. The van der Waals surface area contributed by atoms with Crippen LogP contribution in [0.5, 0.6) is 5.75 Å². The Morgan fingerprint density at radius 3 is 2.67 bits per heavy atom. The number of hydrogen-bond donors (Lipinski definition) is 1. The molecule has 0 unspecified atom stereocenters. The SMILES string of the molecule is CCOc1ccc(CN(C)C(=O)c2cccc(NC(=O)CCn3ccnc3)c2)cc1. The van der Waals surface area contributed by atoms with Crippen molar-refractivity contribution in [2.45, 2.75) is 26.4 Å². The molecule has 3 aromatic rings. The van der Waals surface area contributed by atoms with Gasteiger partial charge in [-0.3, -0.25) is 9.59 Å². The van der Waals surface area contributed by atoms with Gasteiger partial charge in [-0.1, -0.05) is 18.2 Å². The summed E-state index contributed by atoms with van der Waals surface area (Å²) < 4.78 is 7.29. The van der Waals surface area contributed by atoms with E-state index >= 15 is 0 Å². The first kappa shape index (κ1) is 21.1. The van der Waals surface area contributed by atoms with E-state index in [1.54, 1.807) is 48.7 Å². The summed E-state index contributed by atoms with van der Waals surface area (Å²) in [7, 11) is 1.76. The van der Waals surface area contributed by atoms with Crippen LogP contribution in [0.2, 0.25) is 0 Å². The van der Waals surface area contributed by atoms with E-state index in [0.29, 0.717) is 37.4 Å². The lowest BCUT2D eigenvalue weighted by atomic mass is 10.1. The van der Waals surface area contributed by atoms with Crippen LogP contribution in [0.15, 0.2) is 67.3 Å². The second-order valence-corrected chi connectivity index (χ2v) is 6.92. The maximum atomic E-state index is 12.8. The highest BCUT2D eigenvalue weighted by atomic mass is 16.5. The third-order valence-electron chi connectivity index (χ3n) is 4.55. The molecule has 30 heavy (non-hydrogen) atoms. The Balaban J connectivity index is 1.56. The molecule has 7 nitrogen and oxygen atoms in total. The molecule has 1 heterocycles. The van der Waals surface area contributed by atoms with Crippen molar-refractivity contribution in [1.82, 2.24) is 14.5 Å². The highest BCUT2D eigenvalue weighted by Crippen LogP contribution is 2.16. The molecule has 3 rings (SSSR count). The van der Waals surface area contributed by atoms with Gasteiger partial charge in [0.1, 0.15) is 5.75 Å². The zero-order chi connectivity index (χ0) is 21.3. The largest absolute Gasteiger partial charge is 0.494 e. The van der Waals surface area contributed by atoms with E-state index in [2.05, 4.69) is 10.3 Å². The monoisotopic (exact) mass is 406 g/mol. The summed E-state index contributed by atoms with van der Waals surface area (Å²) in [4.78, 5) is 30.6. The van der Waals surface area contributed by atoms with E-state index in [0.717, 1.165) is 11.3 Å². The Morgan fingerprint density at radius 2 is 1.97 bits per heavy atom. The molecule has 0 saturated carbocycles. The number of aromatic nitrogens is 2. The van der Waals surface area contributed by atoms with Gasteiger partial charge in [-0.15, -0.1) is 0 Å². The predicted molar refractivity (Wildman–Crippen MR) is 115 cm³/mol. The molecule has 0 atom stereocenters. The first-order chi connectivity index (χ1) is 14.5. The molecule has 0 saturated heterocycles. The molecular formula is C23H26N4O3. The summed E-state index contributed by atoms with van der Waals surface area (Å²) in [6, 6.07) is 14.7. The zero-order valence-corrected chi connectivity index (χ0v) is 17.2. The second kappa shape index (κ2) is 10.2. The fourth-order valence-corrected chi connectivity index (χ4v) is 3.03. The minimum atomic E-state index is -0.115. The van der Waals surface area contributed by atoms with Gasteiger partial charge in [0.15, 0.2) is 0 Å². The van der Waals surface area contributed by atoms with Gasteiger partial charge in [0, 0.05) is 50.2 Å². The number of aryl methyl sites for hydroxylation is 1. The Kier molecular flexibility index (Phi) is 7.21. The van der Waals surface area contributed by atoms with E-state index in [4.69, 9.17) is 4.74 Å². The molecule has 0 aliphatic carbocycles. The molecule has 2 amide bonds. The van der Waals surface area contributed by atoms with E-state index in [-0.39, 0.29) is 11.8 Å². The van der Waals surface area contributed by atoms with Crippen LogP contribution >= 0.6 is 0 Å². The van der Waals surface area contributed by atoms with Crippen molar-refractivity contribution >= 4 is 17.5 Å². The minimum Gasteiger partial charge on any atom is -0.494 e. The van der Waals surface area contributed by atoms with Crippen LogP contribution in [0.4, 0.5) is 5.69 Å². The van der Waals surface area contributed by atoms with Crippen molar-refractivity contribution < 1.29 is 14.3 Å². The number of amides is 2. The van der Waals surface area contributed by atoms with Crippen molar-refractivity contribution in [3.63, 3.8) is 0 Å². The van der Waals surface area contributed by atoms with Crippen molar-refractivity contribution in [3.05, 3.63) is 78.4 Å². The molecule has 1 aromatic heterocycles. The van der Waals surface area contributed by atoms with Crippen LogP contribution in [0, 0.1) is 0 Å². The summed E-state index contributed by atoms with van der Waals surface area (Å²) >= 11 is 0. The number of hydrogen-bond acceptors (Lipinski definition) is 4. The number of nitrogens with zero attached hydrogens (tertiary/aromatic N) is 3. The number of carbonyl (C=O) groups excluding carboxylic acids is 2. The van der Waals surface area contributed by atoms with E-state index < -0.39 is 0 Å². The standard InChI is InChI=1S/C23H26N4O3/c1-3-30-21-9-7-18(8-10-21)16-26(2)23(29)19-5-4-6-20(15-19)25-22(28)11-13-27-14-12-24-17-27/h4-10,12,14-15,17H,3,11,13,16H2,1-2H3,(H,25,28). The lowest BCUT2D eigenvalue weighted by Crippen LogP contribution is -2.26. The Bertz CT molecular complexity index is 968. The fourth-order valence-electron chi connectivity index (χ4n) is 3.03. The average Bonchev–Trinajstić information content (AvgIpc) is 3.27. The van der Waals surface area contributed by atoms with Gasteiger partial charge in [0.05, 0.1) is 12.9 Å². The Morgan fingerprint density at radius 1 is 1.17 bits per heavy atom. The Hall–Kier alpha value is -3.61. The van der Waals surface area contributed by atoms with Crippen LogP contribution in [0.1, 0.15) is 29.3 Å². The molecule has 156 valence electrons. The summed E-state index contributed by atoms with van der Waals surface area (Å²) in [5.41, 5.74) is 2.14. The average molecular weight is 406 g/mol. The third-order valence-corrected chi connectivity index (χ3v) is 4.55. The van der Waals surface area contributed by atoms with Crippen molar-refractivity contribution in [2.75, 3.05) is 19.0 Å². The Labute approximate surface area is 176 Å². The number of ether oxygens (including phenoxy) is 1. The normalized spacial score (nSPS) is 10.5. The number of rotatable bonds is 9.